The molecule has 3 aromatic carbocycles. The first-order valence-electron chi connectivity index (χ1n) is 12.9. The number of imide groups is 1. The molecule has 4 amide bonds. The summed E-state index contributed by atoms with van der Waals surface area (Å²) in [5, 5.41) is 6.01. The molecule has 2 aliphatic rings. The first-order chi connectivity index (χ1) is 18.8. The first-order valence-corrected chi connectivity index (χ1v) is 13.3. The Kier molecular flexibility index (Phi) is 7.74. The zero-order valence-corrected chi connectivity index (χ0v) is 21.8. The minimum Gasteiger partial charge on any atom is -0.351 e. The van der Waals surface area contributed by atoms with E-state index in [2.05, 4.69) is 10.6 Å². The van der Waals surface area contributed by atoms with Gasteiger partial charge in [-0.25, -0.2) is 4.39 Å². The second-order valence-electron chi connectivity index (χ2n) is 9.79. The molecule has 1 fully saturated rings. The zero-order valence-electron chi connectivity index (χ0n) is 21.0. The Morgan fingerprint density at radius 3 is 2.13 bits per heavy atom. The van der Waals surface area contributed by atoms with Crippen LogP contribution in [0.3, 0.4) is 0 Å². The molecule has 0 spiro atoms. The van der Waals surface area contributed by atoms with Gasteiger partial charge in [-0.05, 0) is 48.7 Å². The van der Waals surface area contributed by atoms with Crippen LogP contribution in [-0.2, 0) is 9.59 Å². The summed E-state index contributed by atoms with van der Waals surface area (Å²) in [7, 11) is 0. The van der Waals surface area contributed by atoms with Gasteiger partial charge >= 0.3 is 0 Å². The van der Waals surface area contributed by atoms with Gasteiger partial charge in [0.15, 0.2) is 0 Å². The second kappa shape index (κ2) is 11.4. The van der Waals surface area contributed by atoms with Gasteiger partial charge in [-0.3, -0.25) is 24.1 Å². The minimum absolute atomic E-state index is 0.0385. The van der Waals surface area contributed by atoms with Crippen LogP contribution in [0.25, 0.3) is 0 Å². The highest BCUT2D eigenvalue weighted by molar-refractivity contribution is 6.31. The van der Waals surface area contributed by atoms with Gasteiger partial charge in [0.05, 0.1) is 11.1 Å². The Morgan fingerprint density at radius 1 is 0.846 bits per heavy atom. The van der Waals surface area contributed by atoms with Gasteiger partial charge in [0, 0.05) is 16.6 Å². The molecule has 39 heavy (non-hydrogen) atoms. The number of hydrogen-bond donors (Lipinski definition) is 2. The van der Waals surface area contributed by atoms with Crippen LogP contribution in [0.15, 0.2) is 72.8 Å². The number of halogens is 2. The molecule has 2 atom stereocenters. The monoisotopic (exact) mass is 547 g/mol. The van der Waals surface area contributed by atoms with Crippen molar-refractivity contribution in [2.24, 2.45) is 0 Å². The van der Waals surface area contributed by atoms with Crippen LogP contribution in [0, 0.1) is 5.82 Å². The fraction of sp³-hybridized carbons (Fsp3) is 0.267. The fourth-order valence-corrected chi connectivity index (χ4v) is 5.53. The lowest BCUT2D eigenvalue weighted by molar-refractivity contribution is -0.131. The summed E-state index contributed by atoms with van der Waals surface area (Å²) < 4.78 is 14.3. The van der Waals surface area contributed by atoms with Crippen LogP contribution in [0.1, 0.15) is 76.0 Å². The predicted octanol–water partition coefficient (Wildman–Crippen LogP) is 5.12. The Labute approximate surface area is 230 Å². The van der Waals surface area contributed by atoms with Crippen molar-refractivity contribution < 1.29 is 23.6 Å². The number of hydrogen-bond acceptors (Lipinski definition) is 4. The average molecular weight is 548 g/mol. The van der Waals surface area contributed by atoms with Crippen molar-refractivity contribution in [2.75, 3.05) is 0 Å². The van der Waals surface area contributed by atoms with Gasteiger partial charge in [-0.1, -0.05) is 73.3 Å². The number of rotatable bonds is 7. The van der Waals surface area contributed by atoms with Crippen LogP contribution in [0.2, 0.25) is 5.02 Å². The van der Waals surface area contributed by atoms with E-state index >= 15 is 0 Å². The highest BCUT2D eigenvalue weighted by atomic mass is 35.5. The molecule has 2 unspecified atom stereocenters. The summed E-state index contributed by atoms with van der Waals surface area (Å²) in [5.41, 5.74) is 0.748. The second-order valence-corrected chi connectivity index (χ2v) is 10.2. The third-order valence-corrected chi connectivity index (χ3v) is 7.56. The maximum Gasteiger partial charge on any atom is 0.262 e. The normalized spacial score (nSPS) is 16.9. The number of carbonyl (C=O) groups excluding carboxylic acids is 4. The zero-order chi connectivity index (χ0) is 27.5. The molecule has 0 aromatic heterocycles. The van der Waals surface area contributed by atoms with E-state index < -0.39 is 41.5 Å². The third kappa shape index (κ3) is 5.43. The number of carbonyl (C=O) groups is 4. The van der Waals surface area contributed by atoms with Crippen molar-refractivity contribution in [3.63, 3.8) is 0 Å². The van der Waals surface area contributed by atoms with Crippen molar-refractivity contribution in [2.45, 2.75) is 50.2 Å². The number of fused-ring (bicyclic) bond motifs is 1. The summed E-state index contributed by atoms with van der Waals surface area (Å²) in [6.07, 6.45) is 4.75. The number of benzene rings is 3. The van der Waals surface area contributed by atoms with Gasteiger partial charge in [-0.2, -0.15) is 0 Å². The molecule has 9 heteroatoms. The molecule has 0 bridgehead atoms. The van der Waals surface area contributed by atoms with E-state index in [-0.39, 0.29) is 27.8 Å². The Hall–Kier alpha value is -4.04. The molecule has 3 aromatic rings. The van der Waals surface area contributed by atoms with Crippen molar-refractivity contribution >= 4 is 35.2 Å². The molecule has 0 saturated heterocycles. The predicted molar refractivity (Wildman–Crippen MR) is 143 cm³/mol. The summed E-state index contributed by atoms with van der Waals surface area (Å²) in [4.78, 5) is 55.0. The van der Waals surface area contributed by atoms with Crippen LogP contribution >= 0.6 is 11.6 Å². The highest BCUT2D eigenvalue weighted by Gasteiger charge is 2.44. The van der Waals surface area contributed by atoms with Crippen molar-refractivity contribution in [1.29, 1.82) is 0 Å². The molecule has 7 nitrogen and oxygen atoms in total. The van der Waals surface area contributed by atoms with E-state index in [1.54, 1.807) is 36.4 Å². The SMILES string of the molecule is O=C(NC1CCCCC1)C(NC(=O)C(c1cccc(F)c1)N1C(=O)c2ccccc2C1=O)c1ccccc1Cl. The van der Waals surface area contributed by atoms with Crippen molar-refractivity contribution in [3.05, 3.63) is 106 Å². The lowest BCUT2D eigenvalue weighted by Gasteiger charge is -2.30. The first kappa shape index (κ1) is 26.6. The van der Waals surface area contributed by atoms with Crippen LogP contribution in [0.5, 0.6) is 0 Å². The van der Waals surface area contributed by atoms with E-state index in [1.807, 2.05) is 0 Å². The largest absolute Gasteiger partial charge is 0.351 e. The van der Waals surface area contributed by atoms with Gasteiger partial charge in [0.25, 0.3) is 11.8 Å². The summed E-state index contributed by atoms with van der Waals surface area (Å²) in [6.45, 7) is 0. The Morgan fingerprint density at radius 2 is 1.49 bits per heavy atom. The number of amides is 4. The van der Waals surface area contributed by atoms with E-state index in [0.717, 1.165) is 43.1 Å². The molecule has 5 rings (SSSR count). The smallest absolute Gasteiger partial charge is 0.262 e. The lowest BCUT2D eigenvalue weighted by Crippen LogP contribution is -2.49. The van der Waals surface area contributed by atoms with Crippen molar-refractivity contribution in [1.82, 2.24) is 15.5 Å². The highest BCUT2D eigenvalue weighted by Crippen LogP contribution is 2.33. The minimum atomic E-state index is -1.53. The maximum atomic E-state index is 14.3. The van der Waals surface area contributed by atoms with Gasteiger partial charge in [-0.15, -0.1) is 0 Å². The molecular formula is C30H27ClFN3O4. The van der Waals surface area contributed by atoms with E-state index in [0.29, 0.717) is 5.56 Å². The topological polar surface area (TPSA) is 95.6 Å². The lowest BCUT2D eigenvalue weighted by atomic mass is 9.94. The quantitative estimate of drug-likeness (QED) is 0.401. The van der Waals surface area contributed by atoms with E-state index in [1.165, 1.54) is 30.3 Å². The third-order valence-electron chi connectivity index (χ3n) is 7.21. The van der Waals surface area contributed by atoms with Gasteiger partial charge < -0.3 is 10.6 Å². The summed E-state index contributed by atoms with van der Waals surface area (Å²) >= 11 is 6.44. The summed E-state index contributed by atoms with van der Waals surface area (Å²) in [5.74, 6) is -3.27. The fourth-order valence-electron chi connectivity index (χ4n) is 5.28. The molecule has 1 aliphatic carbocycles. The van der Waals surface area contributed by atoms with Crippen molar-refractivity contribution in [3.8, 4) is 0 Å². The van der Waals surface area contributed by atoms with Crippen LogP contribution in [-0.4, -0.2) is 34.6 Å². The molecule has 0 radical (unpaired) electrons. The summed E-state index contributed by atoms with van der Waals surface area (Å²) in [6, 6.07) is 15.3. The van der Waals surface area contributed by atoms with Gasteiger partial charge in [0.2, 0.25) is 11.8 Å². The standard InChI is InChI=1S/C30H27ClFN3O4/c31-24-16-7-6-15-23(24)25(27(36)33-20-11-2-1-3-12-20)34-28(37)26(18-9-8-10-19(32)17-18)35-29(38)21-13-4-5-14-22(21)30(35)39/h4-10,13-17,20,25-26H,1-3,11-12H2,(H,33,36)(H,34,37). The maximum absolute atomic E-state index is 14.3. The van der Waals surface area contributed by atoms with Crippen LogP contribution in [0.4, 0.5) is 4.39 Å². The van der Waals surface area contributed by atoms with E-state index in [9.17, 15) is 23.6 Å². The average Bonchev–Trinajstić information content (AvgIpc) is 3.18. The molecule has 1 heterocycles. The van der Waals surface area contributed by atoms with Gasteiger partial charge in [0.1, 0.15) is 17.9 Å². The number of nitrogens with one attached hydrogen (secondary N) is 2. The Balaban J connectivity index is 1.51. The Bertz CT molecular complexity index is 1400. The van der Waals surface area contributed by atoms with Crippen LogP contribution < -0.4 is 10.6 Å². The number of nitrogens with zero attached hydrogens (tertiary/aromatic N) is 1. The van der Waals surface area contributed by atoms with E-state index in [4.69, 9.17) is 11.6 Å². The molecule has 1 aliphatic heterocycles. The molecular weight excluding hydrogens is 521 g/mol. The molecule has 1 saturated carbocycles. The molecule has 2 N–H and O–H groups in total. The molecule has 200 valence electrons.